The van der Waals surface area contributed by atoms with Crippen LogP contribution < -0.4 is 0 Å². The van der Waals surface area contributed by atoms with Crippen molar-refractivity contribution in [2.75, 3.05) is 0 Å². The molecule has 0 saturated carbocycles. The number of hydrogen-bond donors (Lipinski definition) is 0. The molecule has 0 aliphatic rings. The van der Waals surface area contributed by atoms with Gasteiger partial charge in [0, 0.05) is 0 Å². The van der Waals surface area contributed by atoms with Crippen LogP contribution in [0.5, 0.6) is 0 Å². The van der Waals surface area contributed by atoms with Crippen LogP contribution in [0.2, 0.25) is 4.34 Å². The molecule has 0 N–H and O–H groups in total. The van der Waals surface area contributed by atoms with Gasteiger partial charge in [0.1, 0.15) is 0 Å². The second kappa shape index (κ2) is 2.88. The van der Waals surface area contributed by atoms with Crippen molar-refractivity contribution >= 4 is 22.9 Å². The van der Waals surface area contributed by atoms with E-state index in [4.69, 9.17) is 16.1 Å². The Balaban J connectivity index is 2.43. The van der Waals surface area contributed by atoms with E-state index in [2.05, 4.69) is 10.1 Å². The Kier molecular flexibility index (Phi) is 1.86. The van der Waals surface area contributed by atoms with Crippen LogP contribution >= 0.6 is 22.9 Å². The lowest BCUT2D eigenvalue weighted by Crippen LogP contribution is -1.71. The molecule has 2 heterocycles. The van der Waals surface area contributed by atoms with Gasteiger partial charge in [0.2, 0.25) is 0 Å². The molecule has 0 saturated heterocycles. The fraction of sp³-hybridized carbons (Fsp3) is 0.143. The van der Waals surface area contributed by atoms with Crippen LogP contribution in [0.4, 0.5) is 0 Å². The summed E-state index contributed by atoms with van der Waals surface area (Å²) >= 11 is 7.17. The Hall–Kier alpha value is -0.870. The first-order chi connectivity index (χ1) is 5.75. The molecule has 0 bridgehead atoms. The van der Waals surface area contributed by atoms with Crippen LogP contribution in [0, 0.1) is 6.92 Å². The van der Waals surface area contributed by atoms with Crippen LogP contribution in [0.3, 0.4) is 0 Å². The third-order valence-electron chi connectivity index (χ3n) is 1.31. The summed E-state index contributed by atoms with van der Waals surface area (Å²) < 4.78 is 5.68. The maximum absolute atomic E-state index is 5.75. The van der Waals surface area contributed by atoms with E-state index >= 15 is 0 Å². The van der Waals surface area contributed by atoms with E-state index in [1.807, 2.05) is 6.07 Å². The van der Waals surface area contributed by atoms with Crippen molar-refractivity contribution in [3.63, 3.8) is 0 Å². The molecule has 62 valence electrons. The zero-order valence-corrected chi connectivity index (χ0v) is 7.82. The van der Waals surface area contributed by atoms with Gasteiger partial charge in [0.25, 0.3) is 5.89 Å². The Morgan fingerprint density at radius 1 is 1.50 bits per heavy atom. The smallest absolute Gasteiger partial charge is 0.268 e. The molecule has 0 unspecified atom stereocenters. The minimum Gasteiger partial charge on any atom is -0.333 e. The highest BCUT2D eigenvalue weighted by atomic mass is 35.5. The molecule has 0 fully saturated rings. The Labute approximate surface area is 78.0 Å². The molecule has 0 spiro atoms. The molecular weight excluding hydrogens is 196 g/mol. The molecule has 0 atom stereocenters. The van der Waals surface area contributed by atoms with Crippen molar-refractivity contribution in [3.05, 3.63) is 22.3 Å². The molecule has 2 rings (SSSR count). The van der Waals surface area contributed by atoms with E-state index in [1.54, 1.807) is 13.0 Å². The van der Waals surface area contributed by atoms with Crippen molar-refractivity contribution in [1.82, 2.24) is 10.1 Å². The van der Waals surface area contributed by atoms with Gasteiger partial charge in [0.15, 0.2) is 5.82 Å². The van der Waals surface area contributed by atoms with Crippen LogP contribution in [0.15, 0.2) is 16.7 Å². The van der Waals surface area contributed by atoms with Crippen molar-refractivity contribution in [3.8, 4) is 10.8 Å². The van der Waals surface area contributed by atoms with Gasteiger partial charge in [-0.15, -0.1) is 11.3 Å². The Morgan fingerprint density at radius 3 is 2.83 bits per heavy atom. The van der Waals surface area contributed by atoms with Crippen LogP contribution in [-0.2, 0) is 0 Å². The fourth-order valence-electron chi connectivity index (χ4n) is 0.826. The molecule has 0 aliphatic heterocycles. The zero-order chi connectivity index (χ0) is 8.55. The maximum Gasteiger partial charge on any atom is 0.268 e. The maximum atomic E-state index is 5.75. The van der Waals surface area contributed by atoms with E-state index < -0.39 is 0 Å². The quantitative estimate of drug-likeness (QED) is 0.711. The van der Waals surface area contributed by atoms with Gasteiger partial charge in [-0.05, 0) is 19.1 Å². The Morgan fingerprint density at radius 2 is 2.33 bits per heavy atom. The summed E-state index contributed by atoms with van der Waals surface area (Å²) in [5.41, 5.74) is 0. The van der Waals surface area contributed by atoms with Crippen LogP contribution in [0.25, 0.3) is 10.8 Å². The highest BCUT2D eigenvalue weighted by Crippen LogP contribution is 2.29. The number of rotatable bonds is 1. The monoisotopic (exact) mass is 200 g/mol. The first-order valence-electron chi connectivity index (χ1n) is 3.32. The zero-order valence-electron chi connectivity index (χ0n) is 6.24. The summed E-state index contributed by atoms with van der Waals surface area (Å²) in [6.07, 6.45) is 0. The number of halogens is 1. The second-order valence-electron chi connectivity index (χ2n) is 2.25. The standard InChI is InChI=1S/C7H5ClN2OS/c1-4-9-7(11-10-4)5-2-3-6(8)12-5/h2-3H,1H3. The van der Waals surface area contributed by atoms with Gasteiger partial charge in [-0.25, -0.2) is 0 Å². The molecule has 3 nitrogen and oxygen atoms in total. The molecule has 2 aromatic rings. The lowest BCUT2D eigenvalue weighted by atomic mass is 10.5. The first-order valence-corrected chi connectivity index (χ1v) is 4.51. The lowest BCUT2D eigenvalue weighted by molar-refractivity contribution is 0.426. The topological polar surface area (TPSA) is 38.9 Å². The van der Waals surface area contributed by atoms with Gasteiger partial charge in [-0.2, -0.15) is 4.98 Å². The highest BCUT2D eigenvalue weighted by Gasteiger charge is 2.07. The molecular formula is C7H5ClN2OS. The summed E-state index contributed by atoms with van der Waals surface area (Å²) in [7, 11) is 0. The van der Waals surface area contributed by atoms with Crippen molar-refractivity contribution in [2.45, 2.75) is 6.92 Å². The van der Waals surface area contributed by atoms with Gasteiger partial charge in [-0.1, -0.05) is 16.8 Å². The average molecular weight is 201 g/mol. The van der Waals surface area contributed by atoms with Crippen molar-refractivity contribution in [1.29, 1.82) is 0 Å². The number of hydrogen-bond acceptors (Lipinski definition) is 4. The summed E-state index contributed by atoms with van der Waals surface area (Å²) in [6.45, 7) is 1.78. The van der Waals surface area contributed by atoms with E-state index in [1.165, 1.54) is 11.3 Å². The summed E-state index contributed by atoms with van der Waals surface area (Å²) in [4.78, 5) is 4.97. The molecule has 0 aliphatic carbocycles. The van der Waals surface area contributed by atoms with E-state index in [0.29, 0.717) is 11.7 Å². The summed E-state index contributed by atoms with van der Waals surface area (Å²) in [5.74, 6) is 1.17. The van der Waals surface area contributed by atoms with E-state index in [-0.39, 0.29) is 0 Å². The highest BCUT2D eigenvalue weighted by molar-refractivity contribution is 7.19. The number of aromatic nitrogens is 2. The lowest BCUT2D eigenvalue weighted by Gasteiger charge is -1.81. The predicted molar refractivity (Wildman–Crippen MR) is 47.4 cm³/mol. The number of aryl methyl sites for hydroxylation is 1. The normalized spacial score (nSPS) is 10.5. The first kappa shape index (κ1) is 7.76. The molecule has 5 heteroatoms. The summed E-state index contributed by atoms with van der Waals surface area (Å²) in [5, 5.41) is 3.68. The SMILES string of the molecule is Cc1noc(-c2ccc(Cl)s2)n1. The van der Waals surface area contributed by atoms with Gasteiger partial charge in [-0.3, -0.25) is 0 Å². The fourth-order valence-corrected chi connectivity index (χ4v) is 1.79. The van der Waals surface area contributed by atoms with Gasteiger partial charge in [0.05, 0.1) is 9.21 Å². The molecule has 12 heavy (non-hydrogen) atoms. The van der Waals surface area contributed by atoms with Gasteiger partial charge < -0.3 is 4.52 Å². The largest absolute Gasteiger partial charge is 0.333 e. The summed E-state index contributed by atoms with van der Waals surface area (Å²) in [6, 6.07) is 3.67. The molecule has 0 aromatic carbocycles. The predicted octanol–water partition coefficient (Wildman–Crippen LogP) is 2.76. The Bertz CT molecular complexity index is 357. The molecule has 2 aromatic heterocycles. The second-order valence-corrected chi connectivity index (χ2v) is 3.97. The molecule has 0 radical (unpaired) electrons. The van der Waals surface area contributed by atoms with Crippen LogP contribution in [-0.4, -0.2) is 10.1 Å². The minimum absolute atomic E-state index is 0.532. The number of thiophene rings is 1. The van der Waals surface area contributed by atoms with E-state index in [0.717, 1.165) is 9.21 Å². The molecule has 0 amide bonds. The van der Waals surface area contributed by atoms with Crippen LogP contribution in [0.1, 0.15) is 5.82 Å². The van der Waals surface area contributed by atoms with Gasteiger partial charge >= 0.3 is 0 Å². The third-order valence-corrected chi connectivity index (χ3v) is 2.53. The average Bonchev–Trinajstić information content (AvgIpc) is 2.58. The van der Waals surface area contributed by atoms with Crippen molar-refractivity contribution < 1.29 is 4.52 Å². The minimum atomic E-state index is 0.532. The number of nitrogens with zero attached hydrogens (tertiary/aromatic N) is 2. The third kappa shape index (κ3) is 1.35. The van der Waals surface area contributed by atoms with E-state index in [9.17, 15) is 0 Å². The van der Waals surface area contributed by atoms with Crippen molar-refractivity contribution in [2.24, 2.45) is 0 Å².